The molecule has 0 spiro atoms. The molecule has 2 heteroatoms. The summed E-state index contributed by atoms with van der Waals surface area (Å²) in [7, 11) is 0. The fourth-order valence-electron chi connectivity index (χ4n) is 2.06. The summed E-state index contributed by atoms with van der Waals surface area (Å²) in [6, 6.07) is 12.1. The molecule has 1 atom stereocenters. The van der Waals surface area contributed by atoms with Crippen LogP contribution in [0.15, 0.2) is 47.2 Å². The Morgan fingerprint density at radius 2 is 1.94 bits per heavy atom. The standard InChI is InChI=1S/C15H18OS/c1-2-15(16,14-6-4-3-5-7-14)10-8-13-9-11-17-12-13/h3-7,9,11-12,16H,2,8,10H2,1H3. The molecule has 0 bridgehead atoms. The largest absolute Gasteiger partial charge is 0.385 e. The fraction of sp³-hybridized carbons (Fsp3) is 0.333. The zero-order valence-electron chi connectivity index (χ0n) is 10.1. The van der Waals surface area contributed by atoms with E-state index in [0.29, 0.717) is 0 Å². The Morgan fingerprint density at radius 3 is 2.53 bits per heavy atom. The lowest BCUT2D eigenvalue weighted by Gasteiger charge is -2.27. The molecule has 0 fully saturated rings. The van der Waals surface area contributed by atoms with Crippen molar-refractivity contribution in [3.05, 3.63) is 58.3 Å². The van der Waals surface area contributed by atoms with Gasteiger partial charge in [0.15, 0.2) is 0 Å². The average Bonchev–Trinajstić information content (AvgIpc) is 2.90. The molecule has 1 nitrogen and oxygen atoms in total. The number of aryl methyl sites for hydroxylation is 1. The molecule has 2 rings (SSSR count). The van der Waals surface area contributed by atoms with E-state index < -0.39 is 5.60 Å². The van der Waals surface area contributed by atoms with Crippen molar-refractivity contribution in [2.75, 3.05) is 0 Å². The van der Waals surface area contributed by atoms with Crippen LogP contribution < -0.4 is 0 Å². The van der Waals surface area contributed by atoms with Crippen molar-refractivity contribution >= 4 is 11.3 Å². The fourth-order valence-corrected chi connectivity index (χ4v) is 2.76. The van der Waals surface area contributed by atoms with Crippen LogP contribution in [0, 0.1) is 0 Å². The minimum Gasteiger partial charge on any atom is -0.385 e. The maximum absolute atomic E-state index is 10.7. The molecule has 0 saturated heterocycles. The highest BCUT2D eigenvalue weighted by Crippen LogP contribution is 2.30. The predicted molar refractivity (Wildman–Crippen MR) is 73.3 cm³/mol. The molecule has 0 aliphatic rings. The molecule has 1 heterocycles. The van der Waals surface area contributed by atoms with Crippen molar-refractivity contribution in [3.63, 3.8) is 0 Å². The summed E-state index contributed by atoms with van der Waals surface area (Å²) in [5.41, 5.74) is 1.65. The summed E-state index contributed by atoms with van der Waals surface area (Å²) in [6.45, 7) is 2.04. The van der Waals surface area contributed by atoms with Crippen LogP contribution >= 0.6 is 11.3 Å². The van der Waals surface area contributed by atoms with Crippen LogP contribution in [0.2, 0.25) is 0 Å². The van der Waals surface area contributed by atoms with Crippen LogP contribution in [-0.4, -0.2) is 5.11 Å². The highest BCUT2D eigenvalue weighted by Gasteiger charge is 2.26. The molecule has 90 valence electrons. The van der Waals surface area contributed by atoms with Gasteiger partial charge in [-0.05, 0) is 47.2 Å². The van der Waals surface area contributed by atoms with Crippen LogP contribution in [0.4, 0.5) is 0 Å². The van der Waals surface area contributed by atoms with Crippen molar-refractivity contribution < 1.29 is 5.11 Å². The van der Waals surface area contributed by atoms with Crippen molar-refractivity contribution in [1.29, 1.82) is 0 Å². The van der Waals surface area contributed by atoms with Gasteiger partial charge in [-0.2, -0.15) is 11.3 Å². The number of rotatable bonds is 5. The third-order valence-electron chi connectivity index (χ3n) is 3.30. The number of hydrogen-bond donors (Lipinski definition) is 1. The predicted octanol–water partition coefficient (Wildman–Crippen LogP) is 3.98. The van der Waals surface area contributed by atoms with E-state index in [4.69, 9.17) is 0 Å². The topological polar surface area (TPSA) is 20.2 Å². The average molecular weight is 246 g/mol. The summed E-state index contributed by atoms with van der Waals surface area (Å²) in [4.78, 5) is 0. The molecule has 1 N–H and O–H groups in total. The number of benzene rings is 1. The summed E-state index contributed by atoms with van der Waals surface area (Å²) < 4.78 is 0. The van der Waals surface area contributed by atoms with Gasteiger partial charge in [0.25, 0.3) is 0 Å². The van der Waals surface area contributed by atoms with E-state index in [1.807, 2.05) is 37.3 Å². The number of thiophene rings is 1. The van der Waals surface area contributed by atoms with Crippen molar-refractivity contribution in [3.8, 4) is 0 Å². The van der Waals surface area contributed by atoms with Gasteiger partial charge >= 0.3 is 0 Å². The van der Waals surface area contributed by atoms with E-state index in [9.17, 15) is 5.11 Å². The van der Waals surface area contributed by atoms with E-state index in [0.717, 1.165) is 24.8 Å². The molecular formula is C15H18OS. The zero-order chi connectivity index (χ0) is 12.1. The Bertz CT molecular complexity index is 435. The molecule has 1 unspecified atom stereocenters. The SMILES string of the molecule is CCC(O)(CCc1ccsc1)c1ccccc1. The molecule has 1 aromatic heterocycles. The Kier molecular flexibility index (Phi) is 3.97. The Balaban J connectivity index is 2.09. The second kappa shape index (κ2) is 5.48. The van der Waals surface area contributed by atoms with Crippen molar-refractivity contribution in [1.82, 2.24) is 0 Å². The summed E-state index contributed by atoms with van der Waals surface area (Å²) in [6.07, 6.45) is 2.47. The van der Waals surface area contributed by atoms with Crippen LogP contribution in [-0.2, 0) is 12.0 Å². The first-order valence-corrected chi connectivity index (χ1v) is 6.98. The lowest BCUT2D eigenvalue weighted by Crippen LogP contribution is -2.25. The minimum absolute atomic E-state index is 0.691. The summed E-state index contributed by atoms with van der Waals surface area (Å²) >= 11 is 1.71. The molecule has 0 aliphatic carbocycles. The molecule has 0 radical (unpaired) electrons. The van der Waals surface area contributed by atoms with Crippen LogP contribution in [0.1, 0.15) is 30.9 Å². The van der Waals surface area contributed by atoms with Gasteiger partial charge in [-0.3, -0.25) is 0 Å². The molecule has 1 aromatic carbocycles. The van der Waals surface area contributed by atoms with Crippen molar-refractivity contribution in [2.45, 2.75) is 31.8 Å². The maximum atomic E-state index is 10.7. The van der Waals surface area contributed by atoms with E-state index in [1.54, 1.807) is 11.3 Å². The van der Waals surface area contributed by atoms with Gasteiger partial charge in [-0.1, -0.05) is 37.3 Å². The highest BCUT2D eigenvalue weighted by atomic mass is 32.1. The Morgan fingerprint density at radius 1 is 1.18 bits per heavy atom. The monoisotopic (exact) mass is 246 g/mol. The molecule has 2 aromatic rings. The van der Waals surface area contributed by atoms with Gasteiger partial charge in [0, 0.05) is 0 Å². The normalized spacial score (nSPS) is 14.5. The Hall–Kier alpha value is -1.12. The van der Waals surface area contributed by atoms with Gasteiger partial charge in [0.05, 0.1) is 5.60 Å². The van der Waals surface area contributed by atoms with E-state index in [-0.39, 0.29) is 0 Å². The van der Waals surface area contributed by atoms with E-state index in [2.05, 4.69) is 16.8 Å². The third-order valence-corrected chi connectivity index (χ3v) is 4.04. The van der Waals surface area contributed by atoms with Gasteiger partial charge < -0.3 is 5.11 Å². The Labute approximate surface area is 107 Å². The van der Waals surface area contributed by atoms with Gasteiger partial charge in [0.2, 0.25) is 0 Å². The third kappa shape index (κ3) is 2.96. The highest BCUT2D eigenvalue weighted by molar-refractivity contribution is 7.07. The quantitative estimate of drug-likeness (QED) is 0.846. The lowest BCUT2D eigenvalue weighted by atomic mass is 9.86. The first kappa shape index (κ1) is 12.3. The van der Waals surface area contributed by atoms with E-state index >= 15 is 0 Å². The minimum atomic E-state index is -0.691. The summed E-state index contributed by atoms with van der Waals surface area (Å²) in [5, 5.41) is 14.9. The van der Waals surface area contributed by atoms with Gasteiger partial charge in [-0.25, -0.2) is 0 Å². The maximum Gasteiger partial charge on any atom is 0.0897 e. The smallest absolute Gasteiger partial charge is 0.0897 e. The van der Waals surface area contributed by atoms with Gasteiger partial charge in [0.1, 0.15) is 0 Å². The molecule has 0 aliphatic heterocycles. The van der Waals surface area contributed by atoms with Crippen molar-refractivity contribution in [2.24, 2.45) is 0 Å². The molecule has 0 saturated carbocycles. The summed E-state index contributed by atoms with van der Waals surface area (Å²) in [5.74, 6) is 0. The first-order chi connectivity index (χ1) is 8.24. The van der Waals surface area contributed by atoms with Crippen LogP contribution in [0.3, 0.4) is 0 Å². The second-order valence-corrected chi connectivity index (χ2v) is 5.16. The van der Waals surface area contributed by atoms with Crippen LogP contribution in [0.25, 0.3) is 0 Å². The first-order valence-electron chi connectivity index (χ1n) is 6.03. The second-order valence-electron chi connectivity index (χ2n) is 4.38. The molecular weight excluding hydrogens is 228 g/mol. The zero-order valence-corrected chi connectivity index (χ0v) is 10.9. The molecule has 0 amide bonds. The van der Waals surface area contributed by atoms with Crippen LogP contribution in [0.5, 0.6) is 0 Å². The number of hydrogen-bond acceptors (Lipinski definition) is 2. The lowest BCUT2D eigenvalue weighted by molar-refractivity contribution is 0.0236. The van der Waals surface area contributed by atoms with Gasteiger partial charge in [-0.15, -0.1) is 0 Å². The van der Waals surface area contributed by atoms with E-state index in [1.165, 1.54) is 5.56 Å². The molecule has 17 heavy (non-hydrogen) atoms. The number of aliphatic hydroxyl groups is 1.